The summed E-state index contributed by atoms with van der Waals surface area (Å²) in [7, 11) is 0. The highest BCUT2D eigenvalue weighted by molar-refractivity contribution is 5.84. The number of nitrogens with zero attached hydrogens (tertiary/aromatic N) is 5. The molecule has 0 atom stereocenters. The van der Waals surface area contributed by atoms with Crippen molar-refractivity contribution in [1.82, 2.24) is 19.6 Å². The van der Waals surface area contributed by atoms with Crippen LogP contribution in [0.2, 0.25) is 0 Å². The van der Waals surface area contributed by atoms with Gasteiger partial charge in [0.05, 0.1) is 17.2 Å². The van der Waals surface area contributed by atoms with Crippen molar-refractivity contribution in [2.45, 2.75) is 0 Å². The van der Waals surface area contributed by atoms with Crippen molar-refractivity contribution in [1.29, 1.82) is 0 Å². The highest BCUT2D eigenvalue weighted by atomic mass is 19.1. The summed E-state index contributed by atoms with van der Waals surface area (Å²) in [5, 5.41) is 12.1. The van der Waals surface area contributed by atoms with Crippen molar-refractivity contribution >= 4 is 28.7 Å². The molecule has 112 valence electrons. The number of hydrazone groups is 1. The fourth-order valence-electron chi connectivity index (χ4n) is 2.30. The predicted octanol–water partition coefficient (Wildman–Crippen LogP) is 2.86. The molecule has 0 amide bonds. The number of hydrogen-bond acceptors (Lipinski definition) is 5. The molecule has 4 aromatic rings. The maximum absolute atomic E-state index is 12.9. The summed E-state index contributed by atoms with van der Waals surface area (Å²) in [6.07, 6.45) is 3.22. The fraction of sp³-hybridized carbons (Fsp3) is 0. The van der Waals surface area contributed by atoms with Crippen molar-refractivity contribution in [2.75, 3.05) is 5.43 Å². The van der Waals surface area contributed by atoms with E-state index in [1.54, 1.807) is 24.7 Å². The van der Waals surface area contributed by atoms with E-state index < -0.39 is 0 Å². The summed E-state index contributed by atoms with van der Waals surface area (Å²) < 4.78 is 14.7. The molecule has 0 fully saturated rings. The van der Waals surface area contributed by atoms with Crippen LogP contribution in [-0.4, -0.2) is 25.8 Å². The molecule has 6 nitrogen and oxygen atoms in total. The molecular formula is C16H11FN6. The first kappa shape index (κ1) is 13.3. The van der Waals surface area contributed by atoms with Crippen LogP contribution in [0.15, 0.2) is 60.0 Å². The Morgan fingerprint density at radius 2 is 1.91 bits per heavy atom. The van der Waals surface area contributed by atoms with Gasteiger partial charge in [0, 0.05) is 0 Å². The van der Waals surface area contributed by atoms with E-state index in [-0.39, 0.29) is 5.82 Å². The summed E-state index contributed by atoms with van der Waals surface area (Å²) in [4.78, 5) is 4.51. The highest BCUT2D eigenvalue weighted by Crippen LogP contribution is 2.19. The van der Waals surface area contributed by atoms with Crippen molar-refractivity contribution in [2.24, 2.45) is 5.10 Å². The van der Waals surface area contributed by atoms with Gasteiger partial charge in [-0.3, -0.25) is 9.83 Å². The molecule has 0 unspecified atom stereocenters. The summed E-state index contributed by atoms with van der Waals surface area (Å²) in [6.45, 7) is 0. The van der Waals surface area contributed by atoms with Crippen LogP contribution >= 0.6 is 0 Å². The van der Waals surface area contributed by atoms with Crippen LogP contribution in [0, 0.1) is 5.82 Å². The van der Waals surface area contributed by atoms with E-state index in [0.29, 0.717) is 11.5 Å². The number of fused-ring (bicyclic) bond motifs is 3. The van der Waals surface area contributed by atoms with Gasteiger partial charge in [0.2, 0.25) is 5.65 Å². The lowest BCUT2D eigenvalue weighted by molar-refractivity contribution is 0.628. The van der Waals surface area contributed by atoms with Crippen LogP contribution in [-0.2, 0) is 0 Å². The molecule has 0 aliphatic heterocycles. The van der Waals surface area contributed by atoms with Crippen LogP contribution in [0.3, 0.4) is 0 Å². The van der Waals surface area contributed by atoms with E-state index in [9.17, 15) is 4.39 Å². The zero-order chi connectivity index (χ0) is 15.6. The number of halogens is 1. The molecular weight excluding hydrogens is 295 g/mol. The van der Waals surface area contributed by atoms with Crippen molar-refractivity contribution in [3.8, 4) is 0 Å². The first-order valence-electron chi connectivity index (χ1n) is 6.94. The molecule has 0 saturated heterocycles. The van der Waals surface area contributed by atoms with E-state index in [2.05, 4.69) is 25.7 Å². The van der Waals surface area contributed by atoms with Gasteiger partial charge in [-0.25, -0.2) is 9.37 Å². The average Bonchev–Trinajstić information content (AvgIpc) is 3.07. The van der Waals surface area contributed by atoms with E-state index in [4.69, 9.17) is 0 Å². The quantitative estimate of drug-likeness (QED) is 0.467. The number of anilines is 1. The Morgan fingerprint density at radius 1 is 1.09 bits per heavy atom. The molecule has 23 heavy (non-hydrogen) atoms. The van der Waals surface area contributed by atoms with Gasteiger partial charge in [-0.1, -0.05) is 24.3 Å². The summed E-state index contributed by atoms with van der Waals surface area (Å²) >= 11 is 0. The zero-order valence-electron chi connectivity index (χ0n) is 11.9. The van der Waals surface area contributed by atoms with Crippen LogP contribution in [0.4, 0.5) is 10.2 Å². The van der Waals surface area contributed by atoms with Gasteiger partial charge in [0.1, 0.15) is 12.1 Å². The number of para-hydroxylation sites is 2. The SMILES string of the molecule is Fc1ccc(/C=N\Nc2nc3ccccc3n3cnnc23)cc1. The minimum absolute atomic E-state index is 0.281. The van der Waals surface area contributed by atoms with Gasteiger partial charge in [0.15, 0.2) is 5.82 Å². The molecule has 2 heterocycles. The lowest BCUT2D eigenvalue weighted by atomic mass is 10.2. The maximum Gasteiger partial charge on any atom is 0.205 e. The first-order valence-corrected chi connectivity index (χ1v) is 6.94. The smallest absolute Gasteiger partial charge is 0.205 e. The third-order valence-corrected chi connectivity index (χ3v) is 3.39. The molecule has 0 saturated carbocycles. The summed E-state index contributed by atoms with van der Waals surface area (Å²) in [5.74, 6) is 0.219. The third kappa shape index (κ3) is 2.48. The monoisotopic (exact) mass is 306 g/mol. The van der Waals surface area contributed by atoms with E-state index in [1.165, 1.54) is 12.1 Å². The van der Waals surface area contributed by atoms with Gasteiger partial charge < -0.3 is 0 Å². The molecule has 1 N–H and O–H groups in total. The Bertz CT molecular complexity index is 1010. The Morgan fingerprint density at radius 3 is 2.78 bits per heavy atom. The molecule has 0 radical (unpaired) electrons. The fourth-order valence-corrected chi connectivity index (χ4v) is 2.30. The Balaban J connectivity index is 1.70. The number of aromatic nitrogens is 4. The van der Waals surface area contributed by atoms with Gasteiger partial charge >= 0.3 is 0 Å². The van der Waals surface area contributed by atoms with E-state index >= 15 is 0 Å². The highest BCUT2D eigenvalue weighted by Gasteiger charge is 2.08. The molecule has 2 aromatic carbocycles. The lowest BCUT2D eigenvalue weighted by Crippen LogP contribution is -1.99. The second kappa shape index (κ2) is 5.45. The van der Waals surface area contributed by atoms with Gasteiger partial charge in [-0.2, -0.15) is 5.10 Å². The molecule has 0 aliphatic rings. The van der Waals surface area contributed by atoms with Crippen LogP contribution < -0.4 is 5.43 Å². The molecule has 0 spiro atoms. The molecule has 7 heteroatoms. The standard InChI is InChI=1S/C16H11FN6/c17-12-7-5-11(6-8-12)9-18-21-15-16-22-19-10-23(16)14-4-2-1-3-13(14)20-15/h1-10H,(H,20,21)/b18-9-. The Kier molecular flexibility index (Phi) is 3.16. The topological polar surface area (TPSA) is 67.5 Å². The average molecular weight is 306 g/mol. The Labute approximate surface area is 130 Å². The normalized spacial score (nSPS) is 11.5. The van der Waals surface area contributed by atoms with Crippen LogP contribution in [0.5, 0.6) is 0 Å². The minimum Gasteiger partial charge on any atom is -0.277 e. The first-order chi connectivity index (χ1) is 11.3. The van der Waals surface area contributed by atoms with Crippen molar-refractivity contribution in [3.05, 3.63) is 66.2 Å². The molecule has 4 rings (SSSR count). The summed E-state index contributed by atoms with van der Waals surface area (Å²) in [6, 6.07) is 13.7. The minimum atomic E-state index is -0.281. The van der Waals surface area contributed by atoms with Gasteiger partial charge in [0.25, 0.3) is 0 Å². The zero-order valence-corrected chi connectivity index (χ0v) is 11.9. The Hall–Kier alpha value is -3.35. The largest absolute Gasteiger partial charge is 0.277 e. The van der Waals surface area contributed by atoms with E-state index in [0.717, 1.165) is 16.6 Å². The summed E-state index contributed by atoms with van der Waals surface area (Å²) in [5.41, 5.74) is 5.95. The van der Waals surface area contributed by atoms with Crippen LogP contribution in [0.1, 0.15) is 5.56 Å². The van der Waals surface area contributed by atoms with Crippen molar-refractivity contribution in [3.63, 3.8) is 0 Å². The second-order valence-corrected chi connectivity index (χ2v) is 4.90. The van der Waals surface area contributed by atoms with Gasteiger partial charge in [-0.15, -0.1) is 10.2 Å². The third-order valence-electron chi connectivity index (χ3n) is 3.39. The number of rotatable bonds is 3. The number of nitrogens with one attached hydrogen (secondary N) is 1. The maximum atomic E-state index is 12.9. The lowest BCUT2D eigenvalue weighted by Gasteiger charge is -2.05. The number of benzene rings is 2. The number of hydrogen-bond donors (Lipinski definition) is 1. The molecule has 0 bridgehead atoms. The second-order valence-electron chi connectivity index (χ2n) is 4.90. The predicted molar refractivity (Wildman–Crippen MR) is 85.9 cm³/mol. The molecule has 0 aliphatic carbocycles. The van der Waals surface area contributed by atoms with E-state index in [1.807, 2.05) is 28.7 Å². The molecule has 2 aromatic heterocycles. The van der Waals surface area contributed by atoms with Crippen molar-refractivity contribution < 1.29 is 4.39 Å². The van der Waals surface area contributed by atoms with Gasteiger partial charge in [-0.05, 0) is 29.8 Å². The van der Waals surface area contributed by atoms with Crippen LogP contribution in [0.25, 0.3) is 16.7 Å².